The number of furan rings is 1. The lowest BCUT2D eigenvalue weighted by Crippen LogP contribution is -2.10. The van der Waals surface area contributed by atoms with E-state index in [9.17, 15) is 0 Å². The number of nitrogens with zero attached hydrogens (tertiary/aromatic N) is 1. The Morgan fingerprint density at radius 2 is 2.47 bits per heavy atom. The summed E-state index contributed by atoms with van der Waals surface area (Å²) in [5, 5.41) is 3.57. The van der Waals surface area contributed by atoms with E-state index in [4.69, 9.17) is 16.0 Å². The van der Waals surface area contributed by atoms with E-state index in [0.29, 0.717) is 16.7 Å². The second-order valence-corrected chi connectivity index (χ2v) is 3.54. The molecule has 0 radical (unpaired) electrons. The first-order chi connectivity index (χ1) is 7.31. The number of likely N-dealkylation sites (N-methyl/N-ethyl adjacent to an activating group) is 1. The molecule has 0 bridgehead atoms. The van der Waals surface area contributed by atoms with Crippen molar-refractivity contribution in [2.24, 2.45) is 0 Å². The molecule has 0 atom stereocenters. The molecular formula is C10H12ClN3O. The molecule has 0 amide bonds. The van der Waals surface area contributed by atoms with Crippen molar-refractivity contribution < 1.29 is 4.42 Å². The highest BCUT2D eigenvalue weighted by molar-refractivity contribution is 6.30. The van der Waals surface area contributed by atoms with Crippen LogP contribution in [0.5, 0.6) is 0 Å². The lowest BCUT2D eigenvalue weighted by atomic mass is 10.3. The molecule has 2 aromatic rings. The van der Waals surface area contributed by atoms with Gasteiger partial charge >= 0.3 is 0 Å². The molecule has 0 aromatic carbocycles. The maximum atomic E-state index is 5.99. The summed E-state index contributed by atoms with van der Waals surface area (Å²) in [6, 6.07) is 3.66. The molecule has 0 unspecified atom stereocenters. The van der Waals surface area contributed by atoms with Crippen molar-refractivity contribution >= 4 is 11.6 Å². The number of nitrogens with one attached hydrogen (secondary N) is 2. The van der Waals surface area contributed by atoms with Gasteiger partial charge in [-0.3, -0.25) is 0 Å². The van der Waals surface area contributed by atoms with Crippen LogP contribution in [0.15, 0.2) is 22.8 Å². The van der Waals surface area contributed by atoms with Crippen LogP contribution >= 0.6 is 11.6 Å². The van der Waals surface area contributed by atoms with Gasteiger partial charge < -0.3 is 14.7 Å². The molecule has 80 valence electrons. The first-order valence-electron chi connectivity index (χ1n) is 4.74. The summed E-state index contributed by atoms with van der Waals surface area (Å²) in [4.78, 5) is 7.34. The molecule has 15 heavy (non-hydrogen) atoms. The number of imidazole rings is 1. The average Bonchev–Trinajstić information content (AvgIpc) is 2.83. The lowest BCUT2D eigenvalue weighted by molar-refractivity contribution is 0.578. The molecule has 0 saturated carbocycles. The van der Waals surface area contributed by atoms with E-state index >= 15 is 0 Å². The summed E-state index contributed by atoms with van der Waals surface area (Å²) in [5.74, 6) is 1.38. The number of hydrogen-bond acceptors (Lipinski definition) is 3. The third-order valence-corrected chi connectivity index (χ3v) is 2.42. The predicted molar refractivity (Wildman–Crippen MR) is 58.9 cm³/mol. The molecule has 2 heterocycles. The van der Waals surface area contributed by atoms with Crippen molar-refractivity contribution in [3.63, 3.8) is 0 Å². The molecule has 0 fully saturated rings. The SMILES string of the molecule is CNCCc1[nH]c(-c2ccco2)nc1Cl. The van der Waals surface area contributed by atoms with E-state index in [1.54, 1.807) is 6.26 Å². The number of aromatic amines is 1. The van der Waals surface area contributed by atoms with Crippen molar-refractivity contribution in [1.82, 2.24) is 15.3 Å². The Morgan fingerprint density at radius 1 is 1.60 bits per heavy atom. The van der Waals surface area contributed by atoms with Gasteiger partial charge in [0.1, 0.15) is 0 Å². The molecule has 0 aliphatic heterocycles. The van der Waals surface area contributed by atoms with Crippen LogP contribution in [0.2, 0.25) is 5.15 Å². The number of aromatic nitrogens is 2. The lowest BCUT2D eigenvalue weighted by Gasteiger charge is -1.95. The first-order valence-corrected chi connectivity index (χ1v) is 5.12. The highest BCUT2D eigenvalue weighted by Gasteiger charge is 2.10. The summed E-state index contributed by atoms with van der Waals surface area (Å²) in [7, 11) is 1.90. The summed E-state index contributed by atoms with van der Waals surface area (Å²) in [6.45, 7) is 0.861. The Morgan fingerprint density at radius 3 is 3.13 bits per heavy atom. The predicted octanol–water partition coefficient (Wildman–Crippen LogP) is 2.08. The molecular weight excluding hydrogens is 214 g/mol. The monoisotopic (exact) mass is 225 g/mol. The Balaban J connectivity index is 2.21. The Labute approximate surface area is 92.7 Å². The highest BCUT2D eigenvalue weighted by atomic mass is 35.5. The number of rotatable bonds is 4. The molecule has 0 saturated heterocycles. The van der Waals surface area contributed by atoms with Gasteiger partial charge in [0.15, 0.2) is 16.7 Å². The summed E-state index contributed by atoms with van der Waals surface area (Å²) < 4.78 is 5.22. The van der Waals surface area contributed by atoms with Crippen molar-refractivity contribution in [3.8, 4) is 11.6 Å². The quantitative estimate of drug-likeness (QED) is 0.838. The van der Waals surface area contributed by atoms with Gasteiger partial charge in [-0.05, 0) is 19.2 Å². The van der Waals surface area contributed by atoms with Gasteiger partial charge in [0, 0.05) is 13.0 Å². The second kappa shape index (κ2) is 4.51. The summed E-state index contributed by atoms with van der Waals surface area (Å²) >= 11 is 5.99. The van der Waals surface area contributed by atoms with Crippen LogP contribution in [-0.2, 0) is 6.42 Å². The zero-order chi connectivity index (χ0) is 10.7. The Hall–Kier alpha value is -1.26. The maximum Gasteiger partial charge on any atom is 0.175 e. The first kappa shape index (κ1) is 10.3. The maximum absolute atomic E-state index is 5.99. The third kappa shape index (κ3) is 2.22. The standard InChI is InChI=1S/C10H12ClN3O/c1-12-5-4-7-9(11)14-10(13-7)8-3-2-6-15-8/h2-3,6,12H,4-5H2,1H3,(H,13,14). The van der Waals surface area contributed by atoms with Crippen LogP contribution in [-0.4, -0.2) is 23.6 Å². The molecule has 0 aliphatic carbocycles. The van der Waals surface area contributed by atoms with Crippen molar-refractivity contribution in [2.45, 2.75) is 6.42 Å². The van der Waals surface area contributed by atoms with E-state index < -0.39 is 0 Å². The fourth-order valence-electron chi connectivity index (χ4n) is 1.33. The fraction of sp³-hybridized carbons (Fsp3) is 0.300. The van der Waals surface area contributed by atoms with Crippen LogP contribution in [0.1, 0.15) is 5.69 Å². The van der Waals surface area contributed by atoms with Gasteiger partial charge in [-0.15, -0.1) is 0 Å². The molecule has 0 spiro atoms. The Kier molecular flexibility index (Phi) is 3.08. The van der Waals surface area contributed by atoms with Crippen molar-refractivity contribution in [3.05, 3.63) is 29.2 Å². The average molecular weight is 226 g/mol. The van der Waals surface area contributed by atoms with Gasteiger partial charge in [0.25, 0.3) is 0 Å². The smallest absolute Gasteiger partial charge is 0.175 e. The van der Waals surface area contributed by atoms with E-state index in [1.807, 2.05) is 19.2 Å². The van der Waals surface area contributed by atoms with Crippen LogP contribution in [0.25, 0.3) is 11.6 Å². The number of H-pyrrole nitrogens is 1. The van der Waals surface area contributed by atoms with E-state index in [0.717, 1.165) is 18.7 Å². The topological polar surface area (TPSA) is 53.9 Å². The zero-order valence-electron chi connectivity index (χ0n) is 8.38. The van der Waals surface area contributed by atoms with Crippen LogP contribution in [0.4, 0.5) is 0 Å². The van der Waals surface area contributed by atoms with E-state index in [2.05, 4.69) is 15.3 Å². The highest BCUT2D eigenvalue weighted by Crippen LogP contribution is 2.21. The summed E-state index contributed by atoms with van der Waals surface area (Å²) in [5.41, 5.74) is 0.928. The molecule has 2 aromatic heterocycles. The van der Waals surface area contributed by atoms with Crippen molar-refractivity contribution in [1.29, 1.82) is 0 Å². The van der Waals surface area contributed by atoms with Gasteiger partial charge in [-0.25, -0.2) is 4.98 Å². The largest absolute Gasteiger partial charge is 0.461 e. The molecule has 5 heteroatoms. The van der Waals surface area contributed by atoms with Gasteiger partial charge in [0.2, 0.25) is 0 Å². The molecule has 0 aliphatic rings. The van der Waals surface area contributed by atoms with E-state index in [-0.39, 0.29) is 0 Å². The minimum atomic E-state index is 0.511. The fourth-order valence-corrected chi connectivity index (χ4v) is 1.56. The number of halogens is 1. The third-order valence-electron chi connectivity index (χ3n) is 2.11. The molecule has 2 N–H and O–H groups in total. The Bertz CT molecular complexity index is 422. The molecule has 4 nitrogen and oxygen atoms in total. The molecule has 2 rings (SSSR count). The van der Waals surface area contributed by atoms with Crippen molar-refractivity contribution in [2.75, 3.05) is 13.6 Å². The minimum Gasteiger partial charge on any atom is -0.461 e. The van der Waals surface area contributed by atoms with Crippen LogP contribution in [0.3, 0.4) is 0 Å². The van der Waals surface area contributed by atoms with Gasteiger partial charge in [-0.1, -0.05) is 11.6 Å². The summed E-state index contributed by atoms with van der Waals surface area (Å²) in [6.07, 6.45) is 2.43. The number of hydrogen-bond donors (Lipinski definition) is 2. The van der Waals surface area contributed by atoms with Gasteiger partial charge in [-0.2, -0.15) is 0 Å². The normalized spacial score (nSPS) is 10.8. The van der Waals surface area contributed by atoms with Crippen LogP contribution in [0, 0.1) is 0 Å². The second-order valence-electron chi connectivity index (χ2n) is 3.19. The van der Waals surface area contributed by atoms with Crippen LogP contribution < -0.4 is 5.32 Å². The minimum absolute atomic E-state index is 0.511. The van der Waals surface area contributed by atoms with Gasteiger partial charge in [0.05, 0.1) is 12.0 Å². The van der Waals surface area contributed by atoms with E-state index in [1.165, 1.54) is 0 Å². The zero-order valence-corrected chi connectivity index (χ0v) is 9.14.